The highest BCUT2D eigenvalue weighted by atomic mass is 32.1. The maximum absolute atomic E-state index is 11.1. The number of non-ortho nitro benzene ring substituents is 1. The number of nitrogens with zero attached hydrogens (tertiary/aromatic N) is 2. The van der Waals surface area contributed by atoms with Gasteiger partial charge in [0.15, 0.2) is 0 Å². The highest BCUT2D eigenvalue weighted by Crippen LogP contribution is 2.38. The number of benzene rings is 2. The van der Waals surface area contributed by atoms with E-state index in [0.29, 0.717) is 12.1 Å². The lowest BCUT2D eigenvalue weighted by molar-refractivity contribution is -0.385. The van der Waals surface area contributed by atoms with E-state index in [4.69, 9.17) is 0 Å². The van der Waals surface area contributed by atoms with Crippen molar-refractivity contribution >= 4 is 17.0 Å². The summed E-state index contributed by atoms with van der Waals surface area (Å²) in [7, 11) is 1.95. The molecule has 0 amide bonds. The van der Waals surface area contributed by atoms with E-state index in [-0.39, 0.29) is 17.5 Å². The van der Waals surface area contributed by atoms with E-state index in [2.05, 4.69) is 4.90 Å². The Morgan fingerprint density at radius 3 is 2.56 bits per heavy atom. The van der Waals surface area contributed by atoms with Gasteiger partial charge in [-0.2, -0.15) is 0 Å². The topological polar surface area (TPSA) is 66.6 Å². The summed E-state index contributed by atoms with van der Waals surface area (Å²) in [5.41, 5.74) is 1.65. The molecule has 0 aliphatic carbocycles. The molecule has 5 nitrogen and oxygen atoms in total. The molecular formula is C19H18N2O3S. The summed E-state index contributed by atoms with van der Waals surface area (Å²) in [5.74, 6) is 0.0592. The lowest BCUT2D eigenvalue weighted by atomic mass is 10.0. The van der Waals surface area contributed by atoms with Crippen molar-refractivity contribution in [2.24, 2.45) is 0 Å². The zero-order valence-corrected chi connectivity index (χ0v) is 14.5. The SMILES string of the molecule is CN(Cc1ccccc1)C(c1cccs1)c1cc([N+](=O)[O-])ccc1O. The molecule has 6 heteroatoms. The molecule has 1 aromatic heterocycles. The van der Waals surface area contributed by atoms with Gasteiger partial charge in [0.2, 0.25) is 0 Å². The first-order valence-corrected chi connectivity index (χ1v) is 8.69. The van der Waals surface area contributed by atoms with Crippen LogP contribution in [0.4, 0.5) is 5.69 Å². The standard InChI is InChI=1S/C19H18N2O3S/c1-20(13-14-6-3-2-4-7-14)19(18-8-5-11-25-18)16-12-15(21(23)24)9-10-17(16)22/h2-12,19,22H,13H2,1H3. The van der Waals surface area contributed by atoms with Gasteiger partial charge in [0, 0.05) is 29.1 Å². The van der Waals surface area contributed by atoms with E-state index in [1.54, 1.807) is 11.3 Å². The number of phenols is 1. The molecule has 0 bridgehead atoms. The smallest absolute Gasteiger partial charge is 0.270 e. The maximum Gasteiger partial charge on any atom is 0.270 e. The molecule has 0 fully saturated rings. The third kappa shape index (κ3) is 3.87. The van der Waals surface area contributed by atoms with Crippen molar-refractivity contribution in [2.75, 3.05) is 7.05 Å². The third-order valence-corrected chi connectivity index (χ3v) is 4.97. The Morgan fingerprint density at radius 2 is 1.92 bits per heavy atom. The van der Waals surface area contributed by atoms with Gasteiger partial charge in [-0.3, -0.25) is 15.0 Å². The molecule has 0 radical (unpaired) electrons. The van der Waals surface area contributed by atoms with Crippen LogP contribution in [0.3, 0.4) is 0 Å². The number of phenolic OH excluding ortho intramolecular Hbond substituents is 1. The summed E-state index contributed by atoms with van der Waals surface area (Å²) in [5, 5.41) is 23.5. The predicted octanol–water partition coefficient (Wildman–Crippen LogP) is 4.58. The van der Waals surface area contributed by atoms with E-state index < -0.39 is 4.92 Å². The minimum atomic E-state index is -0.439. The molecule has 128 valence electrons. The molecule has 0 saturated heterocycles. The van der Waals surface area contributed by atoms with E-state index >= 15 is 0 Å². The van der Waals surface area contributed by atoms with E-state index in [1.807, 2.05) is 54.9 Å². The molecule has 1 heterocycles. The van der Waals surface area contributed by atoms with Gasteiger partial charge in [-0.15, -0.1) is 11.3 Å². The van der Waals surface area contributed by atoms with Crippen LogP contribution in [0, 0.1) is 10.1 Å². The monoisotopic (exact) mass is 354 g/mol. The van der Waals surface area contributed by atoms with Crippen molar-refractivity contribution in [3.63, 3.8) is 0 Å². The van der Waals surface area contributed by atoms with Crippen molar-refractivity contribution in [1.82, 2.24) is 4.90 Å². The highest BCUT2D eigenvalue weighted by molar-refractivity contribution is 7.10. The van der Waals surface area contributed by atoms with E-state index in [0.717, 1.165) is 10.4 Å². The number of hydrogen-bond acceptors (Lipinski definition) is 5. The molecule has 0 aliphatic heterocycles. The average Bonchev–Trinajstić information content (AvgIpc) is 3.11. The number of hydrogen-bond donors (Lipinski definition) is 1. The largest absolute Gasteiger partial charge is 0.508 e. The molecule has 1 unspecified atom stereocenters. The van der Waals surface area contributed by atoms with Crippen molar-refractivity contribution in [3.05, 3.63) is 92.2 Å². The van der Waals surface area contributed by atoms with Crippen LogP contribution in [0.5, 0.6) is 5.75 Å². The summed E-state index contributed by atoms with van der Waals surface area (Å²) in [6.45, 7) is 0.658. The van der Waals surface area contributed by atoms with Crippen LogP contribution in [0.25, 0.3) is 0 Å². The fourth-order valence-electron chi connectivity index (χ4n) is 2.89. The fourth-order valence-corrected chi connectivity index (χ4v) is 3.80. The normalized spacial score (nSPS) is 12.2. The first kappa shape index (κ1) is 17.1. The molecule has 3 rings (SSSR count). The lowest BCUT2D eigenvalue weighted by Crippen LogP contribution is -2.24. The molecule has 25 heavy (non-hydrogen) atoms. The highest BCUT2D eigenvalue weighted by Gasteiger charge is 2.25. The molecule has 0 saturated carbocycles. The minimum absolute atomic E-state index is 0.0255. The first-order chi connectivity index (χ1) is 12.1. The first-order valence-electron chi connectivity index (χ1n) is 7.81. The maximum atomic E-state index is 11.1. The lowest BCUT2D eigenvalue weighted by Gasteiger charge is -2.28. The molecule has 3 aromatic rings. The van der Waals surface area contributed by atoms with E-state index in [9.17, 15) is 15.2 Å². The second-order valence-electron chi connectivity index (χ2n) is 5.82. The van der Waals surface area contributed by atoms with Crippen molar-refractivity contribution in [3.8, 4) is 5.75 Å². The zero-order chi connectivity index (χ0) is 17.8. The van der Waals surface area contributed by atoms with Crippen molar-refractivity contribution < 1.29 is 10.0 Å². The minimum Gasteiger partial charge on any atom is -0.508 e. The van der Waals surface area contributed by atoms with Crippen LogP contribution in [-0.2, 0) is 6.54 Å². The van der Waals surface area contributed by atoms with Crippen LogP contribution < -0.4 is 0 Å². The Hall–Kier alpha value is -2.70. The fraction of sp³-hybridized carbons (Fsp3) is 0.158. The molecule has 0 spiro atoms. The number of rotatable bonds is 6. The van der Waals surface area contributed by atoms with Gasteiger partial charge in [0.05, 0.1) is 11.0 Å². The summed E-state index contributed by atoms with van der Waals surface area (Å²) in [4.78, 5) is 13.8. The molecule has 0 aliphatic rings. The third-order valence-electron chi connectivity index (χ3n) is 4.04. The second kappa shape index (κ2) is 7.46. The molecular weight excluding hydrogens is 336 g/mol. The van der Waals surface area contributed by atoms with Crippen LogP contribution in [0.2, 0.25) is 0 Å². The van der Waals surface area contributed by atoms with Crippen LogP contribution in [0.15, 0.2) is 66.0 Å². The summed E-state index contributed by atoms with van der Waals surface area (Å²) < 4.78 is 0. The van der Waals surface area contributed by atoms with Gasteiger partial charge >= 0.3 is 0 Å². The molecule has 1 N–H and O–H groups in total. The number of nitro groups is 1. The van der Waals surface area contributed by atoms with Gasteiger partial charge in [0.1, 0.15) is 5.75 Å². The van der Waals surface area contributed by atoms with Crippen molar-refractivity contribution in [1.29, 1.82) is 0 Å². The van der Waals surface area contributed by atoms with Crippen molar-refractivity contribution in [2.45, 2.75) is 12.6 Å². The summed E-state index contributed by atoms with van der Waals surface area (Å²) in [6, 6.07) is 17.8. The summed E-state index contributed by atoms with van der Waals surface area (Å²) >= 11 is 1.57. The summed E-state index contributed by atoms with van der Waals surface area (Å²) in [6.07, 6.45) is 0. The van der Waals surface area contributed by atoms with Crippen LogP contribution in [-0.4, -0.2) is 22.0 Å². The number of thiophene rings is 1. The van der Waals surface area contributed by atoms with E-state index in [1.165, 1.54) is 18.2 Å². The Bertz CT molecular complexity index is 850. The van der Waals surface area contributed by atoms with Gasteiger partial charge in [-0.25, -0.2) is 0 Å². The second-order valence-corrected chi connectivity index (χ2v) is 6.80. The zero-order valence-electron chi connectivity index (χ0n) is 13.7. The Labute approximate surface area is 149 Å². The Morgan fingerprint density at radius 1 is 1.16 bits per heavy atom. The number of aromatic hydroxyl groups is 1. The molecule has 2 aromatic carbocycles. The van der Waals surface area contributed by atoms with Gasteiger partial charge in [-0.1, -0.05) is 36.4 Å². The Balaban J connectivity index is 2.01. The van der Waals surface area contributed by atoms with Crippen LogP contribution >= 0.6 is 11.3 Å². The van der Waals surface area contributed by atoms with Gasteiger partial charge in [0.25, 0.3) is 5.69 Å². The predicted molar refractivity (Wildman–Crippen MR) is 98.8 cm³/mol. The quantitative estimate of drug-likeness (QED) is 0.519. The van der Waals surface area contributed by atoms with Gasteiger partial charge in [-0.05, 0) is 30.1 Å². The Kier molecular flexibility index (Phi) is 5.11. The van der Waals surface area contributed by atoms with Gasteiger partial charge < -0.3 is 5.11 Å². The number of nitro benzene ring substituents is 1. The molecule has 1 atom stereocenters. The van der Waals surface area contributed by atoms with Crippen LogP contribution in [0.1, 0.15) is 22.0 Å². The average molecular weight is 354 g/mol.